The van der Waals surface area contributed by atoms with Gasteiger partial charge in [0.25, 0.3) is 0 Å². The Hall–Kier alpha value is -1.00. The van der Waals surface area contributed by atoms with Crippen molar-refractivity contribution in [3.8, 4) is 9.88 Å². The number of aryl methyl sites for hydroxylation is 1. The normalized spacial score (nSPS) is 10.4. The molecule has 0 saturated carbocycles. The van der Waals surface area contributed by atoms with E-state index in [0.29, 0.717) is 6.42 Å². The summed E-state index contributed by atoms with van der Waals surface area (Å²) in [5.74, 6) is 0. The molecule has 0 bridgehead atoms. The van der Waals surface area contributed by atoms with Gasteiger partial charge < -0.3 is 4.79 Å². The van der Waals surface area contributed by atoms with E-state index in [2.05, 4.69) is 4.98 Å². The van der Waals surface area contributed by atoms with Gasteiger partial charge in [-0.25, -0.2) is 4.98 Å². The van der Waals surface area contributed by atoms with E-state index in [1.807, 2.05) is 24.4 Å². The number of aromatic nitrogens is 1. The van der Waals surface area contributed by atoms with Crippen LogP contribution in [0.3, 0.4) is 0 Å². The van der Waals surface area contributed by atoms with Crippen LogP contribution < -0.4 is 0 Å². The Morgan fingerprint density at radius 1 is 1.57 bits per heavy atom. The molecule has 0 atom stereocenters. The van der Waals surface area contributed by atoms with Crippen molar-refractivity contribution in [3.63, 3.8) is 0 Å². The number of carbonyl (C=O) groups is 1. The SMILES string of the molecule is Cc1nc(-c2cccs2)sc1CC=O. The van der Waals surface area contributed by atoms with Gasteiger partial charge in [-0.1, -0.05) is 6.07 Å². The van der Waals surface area contributed by atoms with Gasteiger partial charge in [0.1, 0.15) is 11.3 Å². The molecule has 2 aromatic rings. The summed E-state index contributed by atoms with van der Waals surface area (Å²) in [7, 11) is 0. The first-order chi connectivity index (χ1) is 6.81. The molecule has 0 aliphatic carbocycles. The van der Waals surface area contributed by atoms with Gasteiger partial charge in [0.2, 0.25) is 0 Å². The number of hydrogen-bond acceptors (Lipinski definition) is 4. The Kier molecular flexibility index (Phi) is 2.74. The van der Waals surface area contributed by atoms with Crippen LogP contribution in [0.1, 0.15) is 10.6 Å². The van der Waals surface area contributed by atoms with E-state index in [9.17, 15) is 4.79 Å². The predicted octanol–water partition coefficient (Wildman–Crippen LogP) is 2.92. The standard InChI is InChI=1S/C10H9NOS2/c1-7-8(4-5-12)14-10(11-7)9-3-2-6-13-9/h2-3,5-6H,4H2,1H3. The van der Waals surface area contributed by atoms with Crippen molar-refractivity contribution < 1.29 is 4.79 Å². The van der Waals surface area contributed by atoms with Crippen LogP contribution in [0.5, 0.6) is 0 Å². The minimum atomic E-state index is 0.481. The molecule has 2 aromatic heterocycles. The van der Waals surface area contributed by atoms with Gasteiger partial charge in [0.05, 0.1) is 10.6 Å². The largest absolute Gasteiger partial charge is 0.303 e. The zero-order valence-electron chi connectivity index (χ0n) is 7.69. The minimum absolute atomic E-state index is 0.481. The Labute approximate surface area is 90.2 Å². The molecule has 72 valence electrons. The van der Waals surface area contributed by atoms with Gasteiger partial charge in [-0.2, -0.15) is 0 Å². The van der Waals surface area contributed by atoms with Crippen molar-refractivity contribution in [2.75, 3.05) is 0 Å². The van der Waals surface area contributed by atoms with E-state index in [4.69, 9.17) is 0 Å². The molecular formula is C10H9NOS2. The molecule has 0 aliphatic heterocycles. The van der Waals surface area contributed by atoms with Crippen LogP contribution in [0.25, 0.3) is 9.88 Å². The molecule has 0 saturated heterocycles. The van der Waals surface area contributed by atoms with Gasteiger partial charge in [-0.3, -0.25) is 0 Å². The average molecular weight is 223 g/mol. The molecule has 4 heteroatoms. The Morgan fingerprint density at radius 2 is 2.43 bits per heavy atom. The molecule has 0 amide bonds. The van der Waals surface area contributed by atoms with Crippen molar-refractivity contribution in [2.24, 2.45) is 0 Å². The second-order valence-corrected chi connectivity index (χ2v) is 4.91. The summed E-state index contributed by atoms with van der Waals surface area (Å²) in [6.07, 6.45) is 1.41. The Balaban J connectivity index is 2.37. The van der Waals surface area contributed by atoms with Gasteiger partial charge in [0.15, 0.2) is 0 Å². The van der Waals surface area contributed by atoms with Crippen molar-refractivity contribution in [1.82, 2.24) is 4.98 Å². The summed E-state index contributed by atoms with van der Waals surface area (Å²) in [5.41, 5.74) is 0.977. The highest BCUT2D eigenvalue weighted by atomic mass is 32.1. The molecule has 0 radical (unpaired) electrons. The van der Waals surface area contributed by atoms with Crippen LogP contribution in [0.2, 0.25) is 0 Å². The maximum Gasteiger partial charge on any atom is 0.133 e. The lowest BCUT2D eigenvalue weighted by Crippen LogP contribution is -1.83. The number of thiazole rings is 1. The highest BCUT2D eigenvalue weighted by Gasteiger charge is 2.08. The van der Waals surface area contributed by atoms with Gasteiger partial charge >= 0.3 is 0 Å². The van der Waals surface area contributed by atoms with Gasteiger partial charge in [-0.05, 0) is 18.4 Å². The summed E-state index contributed by atoms with van der Waals surface area (Å²) in [4.78, 5) is 17.1. The minimum Gasteiger partial charge on any atom is -0.303 e. The van der Waals surface area contributed by atoms with Crippen LogP contribution in [0, 0.1) is 6.92 Å². The second-order valence-electron chi connectivity index (χ2n) is 2.88. The third-order valence-electron chi connectivity index (χ3n) is 1.89. The molecule has 0 N–H and O–H groups in total. The molecule has 0 fully saturated rings. The number of aldehydes is 1. The van der Waals surface area contributed by atoms with Gasteiger partial charge in [-0.15, -0.1) is 22.7 Å². The summed E-state index contributed by atoms with van der Waals surface area (Å²) < 4.78 is 0. The van der Waals surface area contributed by atoms with Crippen LogP contribution in [0.4, 0.5) is 0 Å². The summed E-state index contributed by atoms with van der Waals surface area (Å²) in [5, 5.41) is 3.06. The Bertz CT molecular complexity index is 431. The fourth-order valence-corrected chi connectivity index (χ4v) is 3.00. The quantitative estimate of drug-likeness (QED) is 0.749. The predicted molar refractivity (Wildman–Crippen MR) is 59.9 cm³/mol. The molecule has 0 unspecified atom stereocenters. The van der Waals surface area contributed by atoms with E-state index < -0.39 is 0 Å². The number of hydrogen-bond donors (Lipinski definition) is 0. The summed E-state index contributed by atoms with van der Waals surface area (Å²) in [6, 6.07) is 4.06. The van der Waals surface area contributed by atoms with Crippen LogP contribution in [0.15, 0.2) is 17.5 Å². The van der Waals surface area contributed by atoms with Crippen LogP contribution in [-0.4, -0.2) is 11.3 Å². The summed E-state index contributed by atoms with van der Waals surface area (Å²) in [6.45, 7) is 1.95. The molecule has 0 aromatic carbocycles. The topological polar surface area (TPSA) is 30.0 Å². The lowest BCUT2D eigenvalue weighted by molar-refractivity contribution is -0.107. The van der Waals surface area contributed by atoms with E-state index >= 15 is 0 Å². The summed E-state index contributed by atoms with van der Waals surface area (Å²) >= 11 is 3.29. The van der Waals surface area contributed by atoms with Crippen molar-refractivity contribution in [3.05, 3.63) is 28.1 Å². The first kappa shape index (κ1) is 9.55. The molecule has 0 aliphatic rings. The zero-order valence-corrected chi connectivity index (χ0v) is 9.32. The molecule has 2 nitrogen and oxygen atoms in total. The lowest BCUT2D eigenvalue weighted by Gasteiger charge is -1.85. The maximum atomic E-state index is 10.4. The van der Waals surface area contributed by atoms with Crippen LogP contribution >= 0.6 is 22.7 Å². The third-order valence-corrected chi connectivity index (χ3v) is 4.11. The van der Waals surface area contributed by atoms with E-state index in [1.165, 1.54) is 4.88 Å². The number of carbonyl (C=O) groups excluding carboxylic acids is 1. The fourth-order valence-electron chi connectivity index (χ4n) is 1.20. The average Bonchev–Trinajstić information content (AvgIpc) is 2.76. The first-order valence-electron chi connectivity index (χ1n) is 4.25. The first-order valence-corrected chi connectivity index (χ1v) is 5.94. The number of thiophene rings is 1. The highest BCUT2D eigenvalue weighted by molar-refractivity contribution is 7.21. The molecule has 14 heavy (non-hydrogen) atoms. The zero-order chi connectivity index (χ0) is 9.97. The van der Waals surface area contributed by atoms with Crippen LogP contribution in [-0.2, 0) is 11.2 Å². The third kappa shape index (κ3) is 1.76. The van der Waals surface area contributed by atoms with Gasteiger partial charge in [0, 0.05) is 11.3 Å². The van der Waals surface area contributed by atoms with E-state index in [1.54, 1.807) is 22.7 Å². The smallest absolute Gasteiger partial charge is 0.133 e. The lowest BCUT2D eigenvalue weighted by atomic mass is 10.3. The van der Waals surface area contributed by atoms with E-state index in [-0.39, 0.29) is 0 Å². The second kappa shape index (κ2) is 4.02. The van der Waals surface area contributed by atoms with Crippen molar-refractivity contribution in [1.29, 1.82) is 0 Å². The van der Waals surface area contributed by atoms with E-state index in [0.717, 1.165) is 21.9 Å². The highest BCUT2D eigenvalue weighted by Crippen LogP contribution is 2.30. The fraction of sp³-hybridized carbons (Fsp3) is 0.200. The van der Waals surface area contributed by atoms with Crippen molar-refractivity contribution in [2.45, 2.75) is 13.3 Å². The van der Waals surface area contributed by atoms with Crippen molar-refractivity contribution >= 4 is 29.0 Å². The number of rotatable bonds is 3. The Morgan fingerprint density at radius 3 is 3.07 bits per heavy atom. The maximum absolute atomic E-state index is 10.4. The molecule has 2 heterocycles. The monoisotopic (exact) mass is 223 g/mol. The molecule has 0 spiro atoms. The molecule has 2 rings (SSSR count). The molecular weight excluding hydrogens is 214 g/mol. The number of nitrogens with zero attached hydrogens (tertiary/aromatic N) is 1.